The molecule has 0 bridgehead atoms. The highest BCUT2D eigenvalue weighted by atomic mass is 16.5. The summed E-state index contributed by atoms with van der Waals surface area (Å²) in [6.45, 7) is 3.91. The third kappa shape index (κ3) is 2.64. The first kappa shape index (κ1) is 11.2. The van der Waals surface area contributed by atoms with E-state index in [1.165, 1.54) is 0 Å². The van der Waals surface area contributed by atoms with Gasteiger partial charge in [-0.2, -0.15) is 0 Å². The van der Waals surface area contributed by atoms with Crippen LogP contribution in [0.2, 0.25) is 0 Å². The maximum absolute atomic E-state index is 5.37. The first-order chi connectivity index (χ1) is 7.79. The Balaban J connectivity index is 1.92. The number of nitrogens with one attached hydrogen (secondary N) is 1. The fourth-order valence-electron chi connectivity index (χ4n) is 1.88. The van der Waals surface area contributed by atoms with E-state index >= 15 is 0 Å². The maximum atomic E-state index is 5.37. The van der Waals surface area contributed by atoms with Crippen molar-refractivity contribution in [3.63, 3.8) is 0 Å². The van der Waals surface area contributed by atoms with Gasteiger partial charge in [-0.15, -0.1) is 0 Å². The number of ether oxygens (including phenoxy) is 2. The first-order valence-corrected chi connectivity index (χ1v) is 5.64. The molecule has 2 heterocycles. The topological polar surface area (TPSA) is 43.4 Å². The molecule has 1 aliphatic rings. The zero-order valence-corrected chi connectivity index (χ0v) is 9.77. The highest BCUT2D eigenvalue weighted by Gasteiger charge is 2.22. The Morgan fingerprint density at radius 1 is 1.56 bits per heavy atom. The highest BCUT2D eigenvalue weighted by molar-refractivity contribution is 5.38. The second-order valence-corrected chi connectivity index (χ2v) is 4.14. The van der Waals surface area contributed by atoms with Crippen LogP contribution in [0, 0.1) is 5.92 Å². The second kappa shape index (κ2) is 5.16. The Hall–Kier alpha value is -1.29. The number of rotatable bonds is 4. The molecule has 2 atom stereocenters. The van der Waals surface area contributed by atoms with Crippen LogP contribution < -0.4 is 10.1 Å². The van der Waals surface area contributed by atoms with Crippen LogP contribution in [0.1, 0.15) is 13.3 Å². The van der Waals surface area contributed by atoms with Gasteiger partial charge in [0.1, 0.15) is 11.6 Å². The quantitative estimate of drug-likeness (QED) is 0.845. The normalized spacial score (nSPS) is 21.8. The lowest BCUT2D eigenvalue weighted by atomic mass is 10.0. The Morgan fingerprint density at radius 3 is 3.00 bits per heavy atom. The van der Waals surface area contributed by atoms with Gasteiger partial charge in [0.15, 0.2) is 0 Å². The summed E-state index contributed by atoms with van der Waals surface area (Å²) in [4.78, 5) is 4.28. The van der Waals surface area contributed by atoms with Crippen molar-refractivity contribution < 1.29 is 9.47 Å². The van der Waals surface area contributed by atoms with Gasteiger partial charge in [-0.05, 0) is 25.5 Å². The minimum atomic E-state index is 0.392. The lowest BCUT2D eigenvalue weighted by Crippen LogP contribution is -2.26. The van der Waals surface area contributed by atoms with Crippen LogP contribution in [0.25, 0.3) is 0 Å². The molecule has 1 N–H and O–H groups in total. The zero-order chi connectivity index (χ0) is 11.4. The summed E-state index contributed by atoms with van der Waals surface area (Å²) in [6, 6.07) is 4.24. The van der Waals surface area contributed by atoms with E-state index in [0.29, 0.717) is 12.0 Å². The van der Waals surface area contributed by atoms with Gasteiger partial charge < -0.3 is 14.8 Å². The number of aromatic nitrogens is 1. The van der Waals surface area contributed by atoms with Crippen molar-refractivity contribution in [3.05, 3.63) is 18.3 Å². The largest absolute Gasteiger partial charge is 0.495 e. The van der Waals surface area contributed by atoms with Crippen molar-refractivity contribution in [1.82, 2.24) is 4.98 Å². The number of pyridine rings is 1. The molecule has 4 nitrogen and oxygen atoms in total. The van der Waals surface area contributed by atoms with Gasteiger partial charge in [0.2, 0.25) is 0 Å². The number of hydrogen-bond acceptors (Lipinski definition) is 4. The molecule has 0 radical (unpaired) electrons. The zero-order valence-electron chi connectivity index (χ0n) is 9.77. The third-order valence-corrected chi connectivity index (χ3v) is 3.02. The van der Waals surface area contributed by atoms with E-state index in [0.717, 1.165) is 31.2 Å². The number of methoxy groups -OCH3 is 1. The molecule has 2 rings (SSSR count). The van der Waals surface area contributed by atoms with Gasteiger partial charge in [0.05, 0.1) is 19.9 Å². The van der Waals surface area contributed by atoms with Crippen LogP contribution in [0.15, 0.2) is 18.3 Å². The summed E-state index contributed by atoms with van der Waals surface area (Å²) in [5, 5.41) is 3.39. The summed E-state index contributed by atoms with van der Waals surface area (Å²) < 4.78 is 10.4. The Kier molecular flexibility index (Phi) is 3.62. The van der Waals surface area contributed by atoms with Crippen molar-refractivity contribution in [3.8, 4) is 5.75 Å². The molecular weight excluding hydrogens is 204 g/mol. The Bertz CT molecular complexity index is 320. The van der Waals surface area contributed by atoms with Crippen LogP contribution in [-0.2, 0) is 4.74 Å². The molecule has 0 saturated carbocycles. The second-order valence-electron chi connectivity index (χ2n) is 4.14. The summed E-state index contributed by atoms with van der Waals surface area (Å²) >= 11 is 0. The van der Waals surface area contributed by atoms with Crippen LogP contribution in [0.5, 0.6) is 5.75 Å². The predicted molar refractivity (Wildman–Crippen MR) is 62.8 cm³/mol. The molecule has 0 aliphatic carbocycles. The van der Waals surface area contributed by atoms with Crippen molar-refractivity contribution in [2.75, 3.05) is 25.6 Å². The van der Waals surface area contributed by atoms with Gasteiger partial charge in [0.25, 0.3) is 0 Å². The summed E-state index contributed by atoms with van der Waals surface area (Å²) in [7, 11) is 1.64. The van der Waals surface area contributed by atoms with Crippen molar-refractivity contribution in [2.45, 2.75) is 19.4 Å². The van der Waals surface area contributed by atoms with Gasteiger partial charge in [-0.25, -0.2) is 4.98 Å². The molecule has 0 amide bonds. The third-order valence-electron chi connectivity index (χ3n) is 3.02. The molecule has 2 unspecified atom stereocenters. The molecule has 1 saturated heterocycles. The molecule has 1 aromatic heterocycles. The lowest BCUT2D eigenvalue weighted by Gasteiger charge is -2.19. The van der Waals surface area contributed by atoms with E-state index in [2.05, 4.69) is 17.2 Å². The lowest BCUT2D eigenvalue weighted by molar-refractivity contribution is 0.183. The minimum absolute atomic E-state index is 0.392. The maximum Gasteiger partial charge on any atom is 0.137 e. The summed E-state index contributed by atoms with van der Waals surface area (Å²) in [6.07, 6.45) is 2.85. The van der Waals surface area contributed by atoms with Gasteiger partial charge in [-0.1, -0.05) is 0 Å². The monoisotopic (exact) mass is 222 g/mol. The average Bonchev–Trinajstić information content (AvgIpc) is 2.83. The molecule has 1 aliphatic heterocycles. The molecule has 0 spiro atoms. The van der Waals surface area contributed by atoms with E-state index in [-0.39, 0.29) is 0 Å². The van der Waals surface area contributed by atoms with Crippen LogP contribution >= 0.6 is 0 Å². The van der Waals surface area contributed by atoms with E-state index < -0.39 is 0 Å². The predicted octanol–water partition coefficient (Wildman–Crippen LogP) is 1.93. The Morgan fingerprint density at radius 2 is 2.44 bits per heavy atom. The molecule has 4 heteroatoms. The average molecular weight is 222 g/mol. The molecule has 88 valence electrons. The van der Waals surface area contributed by atoms with Crippen LogP contribution in [0.4, 0.5) is 5.82 Å². The van der Waals surface area contributed by atoms with E-state index in [1.54, 1.807) is 13.3 Å². The molecule has 16 heavy (non-hydrogen) atoms. The standard InChI is InChI=1S/C12H18N2O2/c1-9(10-5-6-16-8-10)14-12-4-3-11(15-2)7-13-12/h3-4,7,9-10H,5-6,8H2,1-2H3,(H,13,14). The number of hydrogen-bond donors (Lipinski definition) is 1. The van der Waals surface area contributed by atoms with Gasteiger partial charge >= 0.3 is 0 Å². The molecule has 1 fully saturated rings. The van der Waals surface area contributed by atoms with Crippen molar-refractivity contribution in [1.29, 1.82) is 0 Å². The van der Waals surface area contributed by atoms with Gasteiger partial charge in [0, 0.05) is 18.6 Å². The summed E-state index contributed by atoms with van der Waals surface area (Å²) in [5.74, 6) is 2.26. The minimum Gasteiger partial charge on any atom is -0.495 e. The smallest absolute Gasteiger partial charge is 0.137 e. The molecule has 1 aromatic rings. The fraction of sp³-hybridized carbons (Fsp3) is 0.583. The summed E-state index contributed by atoms with van der Waals surface area (Å²) in [5.41, 5.74) is 0. The van der Waals surface area contributed by atoms with E-state index in [9.17, 15) is 0 Å². The first-order valence-electron chi connectivity index (χ1n) is 5.64. The molecular formula is C12H18N2O2. The Labute approximate surface area is 96.0 Å². The number of nitrogens with zero attached hydrogens (tertiary/aromatic N) is 1. The molecule has 0 aromatic carbocycles. The van der Waals surface area contributed by atoms with Crippen molar-refractivity contribution >= 4 is 5.82 Å². The van der Waals surface area contributed by atoms with Crippen molar-refractivity contribution in [2.24, 2.45) is 5.92 Å². The number of anilines is 1. The SMILES string of the molecule is COc1ccc(NC(C)C2CCOC2)nc1. The van der Waals surface area contributed by atoms with E-state index in [1.807, 2.05) is 12.1 Å². The van der Waals surface area contributed by atoms with Gasteiger partial charge in [-0.3, -0.25) is 0 Å². The van der Waals surface area contributed by atoms with Crippen LogP contribution in [0.3, 0.4) is 0 Å². The fourth-order valence-corrected chi connectivity index (χ4v) is 1.88. The van der Waals surface area contributed by atoms with Crippen LogP contribution in [-0.4, -0.2) is 31.3 Å². The van der Waals surface area contributed by atoms with E-state index in [4.69, 9.17) is 9.47 Å². The highest BCUT2D eigenvalue weighted by Crippen LogP contribution is 2.20.